The maximum absolute atomic E-state index is 12.6. The highest BCUT2D eigenvalue weighted by atomic mass is 16.2. The van der Waals surface area contributed by atoms with Crippen molar-refractivity contribution in [2.45, 2.75) is 103 Å². The van der Waals surface area contributed by atoms with Gasteiger partial charge in [-0.15, -0.1) is 0 Å². The summed E-state index contributed by atoms with van der Waals surface area (Å²) in [5.41, 5.74) is -0.181. The molecule has 21 heavy (non-hydrogen) atoms. The van der Waals surface area contributed by atoms with Gasteiger partial charge in [0.15, 0.2) is 0 Å². The highest BCUT2D eigenvalue weighted by Crippen LogP contribution is 2.36. The second-order valence-electron chi connectivity index (χ2n) is 7.08. The van der Waals surface area contributed by atoms with Crippen LogP contribution in [0.1, 0.15) is 90.9 Å². The Kier molecular flexibility index (Phi) is 6.53. The van der Waals surface area contributed by atoms with E-state index >= 15 is 0 Å². The third-order valence-electron chi connectivity index (χ3n) is 5.33. The molecule has 1 saturated carbocycles. The van der Waals surface area contributed by atoms with Crippen LogP contribution in [0.3, 0.4) is 0 Å². The number of amides is 1. The Morgan fingerprint density at radius 2 is 1.62 bits per heavy atom. The van der Waals surface area contributed by atoms with E-state index in [1.54, 1.807) is 0 Å². The molecule has 2 rings (SSSR count). The van der Waals surface area contributed by atoms with E-state index in [0.29, 0.717) is 5.91 Å². The fourth-order valence-electron chi connectivity index (χ4n) is 4.04. The zero-order chi connectivity index (χ0) is 15.1. The van der Waals surface area contributed by atoms with Crippen molar-refractivity contribution in [2.75, 3.05) is 6.54 Å². The third kappa shape index (κ3) is 4.21. The fourth-order valence-corrected chi connectivity index (χ4v) is 4.04. The van der Waals surface area contributed by atoms with Crippen molar-refractivity contribution < 1.29 is 4.79 Å². The van der Waals surface area contributed by atoms with Gasteiger partial charge in [0.2, 0.25) is 5.91 Å². The highest BCUT2D eigenvalue weighted by molar-refractivity contribution is 5.89. The average molecular weight is 294 g/mol. The van der Waals surface area contributed by atoms with E-state index in [0.717, 1.165) is 19.4 Å². The van der Waals surface area contributed by atoms with Crippen molar-refractivity contribution in [3.05, 3.63) is 0 Å². The van der Waals surface area contributed by atoms with Crippen molar-refractivity contribution >= 4 is 5.91 Å². The molecule has 0 aromatic heterocycles. The largest absolute Gasteiger partial charge is 0.326 e. The van der Waals surface area contributed by atoms with Crippen molar-refractivity contribution in [1.82, 2.24) is 10.2 Å². The Morgan fingerprint density at radius 1 is 1.05 bits per heavy atom. The molecule has 1 unspecified atom stereocenters. The summed E-state index contributed by atoms with van der Waals surface area (Å²) in [6, 6.07) is 0. The zero-order valence-corrected chi connectivity index (χ0v) is 14.1. The van der Waals surface area contributed by atoms with Crippen LogP contribution in [0.15, 0.2) is 0 Å². The molecule has 1 spiro atoms. The third-order valence-corrected chi connectivity index (χ3v) is 5.33. The quantitative estimate of drug-likeness (QED) is 0.646. The topological polar surface area (TPSA) is 32.3 Å². The number of hydrogen-bond donors (Lipinski definition) is 1. The van der Waals surface area contributed by atoms with Crippen LogP contribution in [0.5, 0.6) is 0 Å². The first-order valence-electron chi connectivity index (χ1n) is 9.28. The fraction of sp³-hybridized carbons (Fsp3) is 0.944. The maximum Gasteiger partial charge on any atom is 0.244 e. The summed E-state index contributed by atoms with van der Waals surface area (Å²) in [6.45, 7) is 5.36. The molecule has 1 aliphatic heterocycles. The molecule has 0 radical (unpaired) electrons. The average Bonchev–Trinajstić information content (AvgIpc) is 3.02. The molecule has 1 N–H and O–H groups in total. The van der Waals surface area contributed by atoms with Gasteiger partial charge < -0.3 is 4.90 Å². The van der Waals surface area contributed by atoms with Gasteiger partial charge in [-0.25, -0.2) is 0 Å². The Hall–Kier alpha value is -0.570. The predicted molar refractivity (Wildman–Crippen MR) is 88.1 cm³/mol. The molecule has 1 amide bonds. The number of unbranched alkanes of at least 4 members (excludes halogenated alkanes) is 7. The number of carbonyl (C=O) groups is 1. The van der Waals surface area contributed by atoms with Crippen LogP contribution in [-0.4, -0.2) is 29.1 Å². The van der Waals surface area contributed by atoms with Crippen LogP contribution in [-0.2, 0) is 4.79 Å². The van der Waals surface area contributed by atoms with E-state index < -0.39 is 0 Å². The lowest BCUT2D eigenvalue weighted by Gasteiger charge is -2.22. The minimum absolute atomic E-state index is 0.181. The molecule has 1 saturated heterocycles. The molecule has 122 valence electrons. The number of nitrogens with one attached hydrogen (secondary N) is 1. The lowest BCUT2D eigenvalue weighted by molar-refractivity contribution is -0.133. The summed E-state index contributed by atoms with van der Waals surface area (Å²) in [5, 5.41) is 3.58. The molecule has 1 aliphatic carbocycles. The minimum atomic E-state index is -0.181. The summed E-state index contributed by atoms with van der Waals surface area (Å²) in [6.07, 6.45) is 15.4. The van der Waals surface area contributed by atoms with Crippen molar-refractivity contribution in [1.29, 1.82) is 0 Å². The second-order valence-corrected chi connectivity index (χ2v) is 7.08. The maximum atomic E-state index is 12.6. The van der Waals surface area contributed by atoms with Crippen LogP contribution in [0.25, 0.3) is 0 Å². The molecule has 1 heterocycles. The molecule has 3 heteroatoms. The lowest BCUT2D eigenvalue weighted by Crippen LogP contribution is -2.44. The number of hydrogen-bond acceptors (Lipinski definition) is 2. The Morgan fingerprint density at radius 3 is 2.24 bits per heavy atom. The zero-order valence-electron chi connectivity index (χ0n) is 14.1. The first kappa shape index (κ1) is 16.8. The summed E-state index contributed by atoms with van der Waals surface area (Å²) in [4.78, 5) is 14.7. The van der Waals surface area contributed by atoms with Crippen LogP contribution in [0.4, 0.5) is 0 Å². The van der Waals surface area contributed by atoms with Crippen LogP contribution < -0.4 is 5.32 Å². The smallest absolute Gasteiger partial charge is 0.244 e. The molecule has 2 aliphatic rings. The van der Waals surface area contributed by atoms with E-state index in [2.05, 4.69) is 24.1 Å². The van der Waals surface area contributed by atoms with Crippen LogP contribution in [0.2, 0.25) is 0 Å². The van der Waals surface area contributed by atoms with Crippen molar-refractivity contribution in [3.63, 3.8) is 0 Å². The van der Waals surface area contributed by atoms with Gasteiger partial charge in [-0.2, -0.15) is 0 Å². The Bertz CT molecular complexity index is 323. The highest BCUT2D eigenvalue weighted by Gasteiger charge is 2.50. The molecular formula is C18H34N2O. The lowest BCUT2D eigenvalue weighted by atomic mass is 9.98. The first-order valence-corrected chi connectivity index (χ1v) is 9.28. The minimum Gasteiger partial charge on any atom is -0.326 e. The van der Waals surface area contributed by atoms with Gasteiger partial charge in [0.05, 0.1) is 11.7 Å². The number of carbonyl (C=O) groups excluding carboxylic acids is 1. The molecule has 1 atom stereocenters. The SMILES string of the molecule is CCCCCCCCCCN1C(=O)C2(CCCC2)NC1C. The first-order chi connectivity index (χ1) is 10.2. The molecular weight excluding hydrogens is 260 g/mol. The van der Waals surface area contributed by atoms with Gasteiger partial charge >= 0.3 is 0 Å². The Balaban J connectivity index is 1.61. The summed E-state index contributed by atoms with van der Waals surface area (Å²) in [5.74, 6) is 0.385. The van der Waals surface area contributed by atoms with E-state index in [1.807, 2.05) is 0 Å². The van der Waals surface area contributed by atoms with E-state index in [-0.39, 0.29) is 11.7 Å². The van der Waals surface area contributed by atoms with Gasteiger partial charge in [-0.1, -0.05) is 64.7 Å². The summed E-state index contributed by atoms with van der Waals surface area (Å²) in [7, 11) is 0. The van der Waals surface area contributed by atoms with Gasteiger partial charge in [0.1, 0.15) is 0 Å². The van der Waals surface area contributed by atoms with Gasteiger partial charge in [-0.3, -0.25) is 10.1 Å². The number of rotatable bonds is 9. The Labute approximate surface area is 130 Å². The molecule has 2 fully saturated rings. The summed E-state index contributed by atoms with van der Waals surface area (Å²) < 4.78 is 0. The summed E-state index contributed by atoms with van der Waals surface area (Å²) >= 11 is 0. The normalized spacial score (nSPS) is 24.4. The predicted octanol–water partition coefficient (Wildman–Crippen LogP) is 4.22. The van der Waals surface area contributed by atoms with E-state index in [1.165, 1.54) is 64.2 Å². The van der Waals surface area contributed by atoms with Crippen LogP contribution >= 0.6 is 0 Å². The number of nitrogens with zero attached hydrogens (tertiary/aromatic N) is 1. The monoisotopic (exact) mass is 294 g/mol. The van der Waals surface area contributed by atoms with Gasteiger partial charge in [0.25, 0.3) is 0 Å². The van der Waals surface area contributed by atoms with E-state index in [9.17, 15) is 4.79 Å². The van der Waals surface area contributed by atoms with Crippen LogP contribution in [0, 0.1) is 0 Å². The van der Waals surface area contributed by atoms with Crippen molar-refractivity contribution in [2.24, 2.45) is 0 Å². The standard InChI is InChI=1S/C18H34N2O/c1-3-4-5-6-7-8-9-12-15-20-16(2)19-18(17(20)21)13-10-11-14-18/h16,19H,3-15H2,1-2H3. The van der Waals surface area contributed by atoms with Gasteiger partial charge in [-0.05, 0) is 26.2 Å². The molecule has 0 aromatic carbocycles. The second kappa shape index (κ2) is 8.17. The molecule has 3 nitrogen and oxygen atoms in total. The van der Waals surface area contributed by atoms with Gasteiger partial charge in [0, 0.05) is 6.54 Å². The molecule has 0 aromatic rings. The van der Waals surface area contributed by atoms with E-state index in [4.69, 9.17) is 0 Å². The molecule has 0 bridgehead atoms. The van der Waals surface area contributed by atoms with Crippen molar-refractivity contribution in [3.8, 4) is 0 Å².